The molecule has 3 fully saturated rings. The molecule has 3 aliphatic rings. The molecule has 0 aromatic heterocycles. The largest absolute Gasteiger partial charge is 0.375 e. The lowest BCUT2D eigenvalue weighted by molar-refractivity contribution is -0.159. The first-order chi connectivity index (χ1) is 12.3. The minimum atomic E-state index is -2.81. The second-order valence-electron chi connectivity index (χ2n) is 8.33. The van der Waals surface area contributed by atoms with Crippen LogP contribution in [0.2, 0.25) is 0 Å². The standard InChI is InChI=1S/C20H26F2N2O2/c21-19(22)7-6-16(12-19)20(26,15-4-2-1-3-5-15)17(25)24-11-9-18(14-24)8-10-23-13-18/h1-5,16,23,26H,6-14H2/t16-,18+,20+/m1/s1. The van der Waals surface area contributed by atoms with Crippen molar-refractivity contribution in [2.45, 2.75) is 43.6 Å². The van der Waals surface area contributed by atoms with Gasteiger partial charge in [0.05, 0.1) is 0 Å². The van der Waals surface area contributed by atoms with Gasteiger partial charge in [-0.05, 0) is 31.4 Å². The molecular formula is C20H26F2N2O2. The number of carbonyl (C=O) groups excluding carboxylic acids is 1. The van der Waals surface area contributed by atoms with Gasteiger partial charge in [0.15, 0.2) is 5.60 Å². The molecule has 1 aromatic carbocycles. The van der Waals surface area contributed by atoms with Gasteiger partial charge in [0.2, 0.25) is 5.92 Å². The van der Waals surface area contributed by atoms with Crippen LogP contribution in [0.4, 0.5) is 8.78 Å². The molecule has 142 valence electrons. The number of hydrogen-bond acceptors (Lipinski definition) is 3. The second kappa shape index (κ2) is 6.27. The van der Waals surface area contributed by atoms with E-state index in [-0.39, 0.29) is 18.3 Å². The maximum atomic E-state index is 13.9. The van der Waals surface area contributed by atoms with E-state index in [9.17, 15) is 18.7 Å². The fourth-order valence-corrected chi connectivity index (χ4v) is 5.03. The summed E-state index contributed by atoms with van der Waals surface area (Å²) in [5.41, 5.74) is -1.37. The van der Waals surface area contributed by atoms with Crippen LogP contribution in [0.3, 0.4) is 0 Å². The minimum Gasteiger partial charge on any atom is -0.375 e. The van der Waals surface area contributed by atoms with Crippen LogP contribution in [-0.4, -0.2) is 48.0 Å². The van der Waals surface area contributed by atoms with Crippen molar-refractivity contribution in [1.82, 2.24) is 10.2 Å². The number of rotatable bonds is 3. The molecule has 1 aromatic rings. The zero-order valence-corrected chi connectivity index (χ0v) is 14.9. The minimum absolute atomic E-state index is 0.0763. The summed E-state index contributed by atoms with van der Waals surface area (Å²) in [5, 5.41) is 14.9. The molecule has 2 N–H and O–H groups in total. The average molecular weight is 364 g/mol. The van der Waals surface area contributed by atoms with Gasteiger partial charge in [0.1, 0.15) is 0 Å². The summed E-state index contributed by atoms with van der Waals surface area (Å²) in [5.74, 6) is -3.98. The predicted octanol–water partition coefficient (Wildman–Crippen LogP) is 2.52. The van der Waals surface area contributed by atoms with E-state index in [1.54, 1.807) is 35.2 Å². The number of amides is 1. The number of benzene rings is 1. The molecule has 2 aliphatic heterocycles. The highest BCUT2D eigenvalue weighted by molar-refractivity contribution is 5.87. The lowest BCUT2D eigenvalue weighted by Gasteiger charge is -2.37. The van der Waals surface area contributed by atoms with Crippen LogP contribution in [0.15, 0.2) is 30.3 Å². The summed E-state index contributed by atoms with van der Waals surface area (Å²) < 4.78 is 27.8. The Balaban J connectivity index is 1.64. The van der Waals surface area contributed by atoms with E-state index in [0.29, 0.717) is 18.7 Å². The van der Waals surface area contributed by atoms with Crippen molar-refractivity contribution in [1.29, 1.82) is 0 Å². The number of nitrogens with zero attached hydrogens (tertiary/aromatic N) is 1. The van der Waals surface area contributed by atoms with E-state index in [1.165, 1.54) is 0 Å². The lowest BCUT2D eigenvalue weighted by Crippen LogP contribution is -2.51. The average Bonchev–Trinajstić information content (AvgIpc) is 3.36. The highest BCUT2D eigenvalue weighted by Crippen LogP contribution is 2.49. The third kappa shape index (κ3) is 2.93. The van der Waals surface area contributed by atoms with Crippen LogP contribution >= 0.6 is 0 Å². The molecule has 4 nitrogen and oxygen atoms in total. The van der Waals surface area contributed by atoms with Gasteiger partial charge in [-0.15, -0.1) is 0 Å². The van der Waals surface area contributed by atoms with Gasteiger partial charge in [-0.25, -0.2) is 8.78 Å². The molecule has 6 heteroatoms. The van der Waals surface area contributed by atoms with Gasteiger partial charge in [0, 0.05) is 43.8 Å². The number of halogens is 2. The van der Waals surface area contributed by atoms with Crippen LogP contribution < -0.4 is 5.32 Å². The van der Waals surface area contributed by atoms with Crippen LogP contribution in [0.25, 0.3) is 0 Å². The zero-order chi connectivity index (χ0) is 18.4. The van der Waals surface area contributed by atoms with Crippen molar-refractivity contribution in [3.05, 3.63) is 35.9 Å². The summed E-state index contributed by atoms with van der Waals surface area (Å²) >= 11 is 0. The van der Waals surface area contributed by atoms with Crippen LogP contribution in [-0.2, 0) is 10.4 Å². The van der Waals surface area contributed by atoms with Crippen LogP contribution in [0, 0.1) is 11.3 Å². The quantitative estimate of drug-likeness (QED) is 0.867. The smallest absolute Gasteiger partial charge is 0.259 e. The molecular weight excluding hydrogens is 338 g/mol. The Morgan fingerprint density at radius 2 is 2.00 bits per heavy atom. The Morgan fingerprint density at radius 1 is 1.23 bits per heavy atom. The zero-order valence-electron chi connectivity index (χ0n) is 14.9. The van der Waals surface area contributed by atoms with Crippen molar-refractivity contribution in [2.75, 3.05) is 26.2 Å². The van der Waals surface area contributed by atoms with Gasteiger partial charge in [-0.2, -0.15) is 0 Å². The lowest BCUT2D eigenvalue weighted by atomic mass is 9.78. The third-order valence-electron chi connectivity index (χ3n) is 6.59. The van der Waals surface area contributed by atoms with Gasteiger partial charge in [-0.1, -0.05) is 30.3 Å². The summed E-state index contributed by atoms with van der Waals surface area (Å²) in [4.78, 5) is 15.1. The molecule has 3 atom stereocenters. The molecule has 1 spiro atoms. The summed E-state index contributed by atoms with van der Waals surface area (Å²) in [6.45, 7) is 3.00. The molecule has 1 saturated carbocycles. The molecule has 26 heavy (non-hydrogen) atoms. The Labute approximate surface area is 152 Å². The highest BCUT2D eigenvalue weighted by atomic mass is 19.3. The Bertz CT molecular complexity index is 676. The number of alkyl halides is 2. The van der Waals surface area contributed by atoms with Crippen molar-refractivity contribution in [3.8, 4) is 0 Å². The third-order valence-corrected chi connectivity index (χ3v) is 6.59. The van der Waals surface area contributed by atoms with E-state index < -0.39 is 29.8 Å². The number of nitrogens with one attached hydrogen (secondary N) is 1. The fraction of sp³-hybridized carbons (Fsp3) is 0.650. The topological polar surface area (TPSA) is 52.6 Å². The Morgan fingerprint density at radius 3 is 2.62 bits per heavy atom. The van der Waals surface area contributed by atoms with Gasteiger partial charge < -0.3 is 15.3 Å². The summed E-state index contributed by atoms with van der Waals surface area (Å²) in [7, 11) is 0. The molecule has 2 heterocycles. The van der Waals surface area contributed by atoms with Gasteiger partial charge >= 0.3 is 0 Å². The molecule has 1 aliphatic carbocycles. The van der Waals surface area contributed by atoms with Gasteiger partial charge in [0.25, 0.3) is 5.91 Å². The molecule has 0 unspecified atom stereocenters. The monoisotopic (exact) mass is 364 g/mol. The maximum absolute atomic E-state index is 13.9. The molecule has 1 amide bonds. The SMILES string of the molecule is O=C(N1CC[C@]2(CCNC2)C1)[C@](O)(c1ccccc1)[C@@H]1CCC(F)(F)C1. The summed E-state index contributed by atoms with van der Waals surface area (Å²) in [6, 6.07) is 8.64. The number of carbonyl (C=O) groups is 1. The van der Waals surface area contributed by atoms with Crippen LogP contribution in [0.5, 0.6) is 0 Å². The Hall–Kier alpha value is -1.53. The maximum Gasteiger partial charge on any atom is 0.259 e. The molecule has 4 rings (SSSR count). The van der Waals surface area contributed by atoms with Crippen molar-refractivity contribution < 1.29 is 18.7 Å². The number of likely N-dealkylation sites (tertiary alicyclic amines) is 1. The first kappa shape index (κ1) is 17.9. The molecule has 0 radical (unpaired) electrons. The Kier molecular flexibility index (Phi) is 4.31. The first-order valence-corrected chi connectivity index (χ1v) is 9.51. The predicted molar refractivity (Wildman–Crippen MR) is 93.7 cm³/mol. The van der Waals surface area contributed by atoms with Crippen molar-refractivity contribution in [2.24, 2.45) is 11.3 Å². The van der Waals surface area contributed by atoms with E-state index >= 15 is 0 Å². The van der Waals surface area contributed by atoms with Gasteiger partial charge in [-0.3, -0.25) is 4.79 Å². The molecule has 0 bridgehead atoms. The number of aliphatic hydroxyl groups is 1. The van der Waals surface area contributed by atoms with E-state index in [4.69, 9.17) is 0 Å². The highest BCUT2D eigenvalue weighted by Gasteiger charge is 2.56. The number of hydrogen-bond donors (Lipinski definition) is 2. The fourth-order valence-electron chi connectivity index (χ4n) is 5.03. The van der Waals surface area contributed by atoms with E-state index in [0.717, 1.165) is 25.9 Å². The van der Waals surface area contributed by atoms with Crippen molar-refractivity contribution >= 4 is 5.91 Å². The first-order valence-electron chi connectivity index (χ1n) is 9.51. The van der Waals surface area contributed by atoms with E-state index in [1.807, 2.05) is 0 Å². The second-order valence-corrected chi connectivity index (χ2v) is 8.33. The van der Waals surface area contributed by atoms with E-state index in [2.05, 4.69) is 5.32 Å². The van der Waals surface area contributed by atoms with Crippen LogP contribution in [0.1, 0.15) is 37.7 Å². The summed E-state index contributed by atoms with van der Waals surface area (Å²) in [6.07, 6.45) is 1.36. The normalized spacial score (nSPS) is 32.9. The molecule has 2 saturated heterocycles. The van der Waals surface area contributed by atoms with Crippen molar-refractivity contribution in [3.63, 3.8) is 0 Å².